The van der Waals surface area contributed by atoms with Crippen molar-refractivity contribution >= 4 is 43.9 Å². The van der Waals surface area contributed by atoms with E-state index in [0.717, 1.165) is 32.6 Å². The number of para-hydroxylation sites is 1. The van der Waals surface area contributed by atoms with Crippen LogP contribution in [0.5, 0.6) is 0 Å². The lowest BCUT2D eigenvalue weighted by Crippen LogP contribution is -2.30. The smallest absolute Gasteiger partial charge is 0.299 e. The third kappa shape index (κ3) is 3.52. The number of hydrogen-bond acceptors (Lipinski definition) is 2. The molecule has 0 fully saturated rings. The second kappa shape index (κ2) is 9.06. The van der Waals surface area contributed by atoms with Crippen LogP contribution in [0.15, 0.2) is 89.5 Å². The van der Waals surface area contributed by atoms with E-state index in [4.69, 9.17) is 12.6 Å². The molecule has 3 aromatic heterocycles. The van der Waals surface area contributed by atoms with Crippen LogP contribution in [0.2, 0.25) is 0 Å². The van der Waals surface area contributed by atoms with E-state index in [-0.39, 0.29) is 16.8 Å². The van der Waals surface area contributed by atoms with Crippen molar-refractivity contribution in [3.63, 3.8) is 0 Å². The highest BCUT2D eigenvalue weighted by Gasteiger charge is 2.33. The Labute approximate surface area is 245 Å². The van der Waals surface area contributed by atoms with Crippen LogP contribution in [0.3, 0.4) is 0 Å². The number of imidazole rings is 1. The Morgan fingerprint density at radius 2 is 1.60 bits per heavy atom. The number of pyridine rings is 1. The van der Waals surface area contributed by atoms with Crippen LogP contribution in [0, 0.1) is 6.92 Å². The first kappa shape index (κ1) is 17.3. The molecule has 3 heterocycles. The first-order valence-electron chi connectivity index (χ1n) is 17.3. The Kier molecular flexibility index (Phi) is 3.91. The number of rotatable bonds is 4. The number of furan rings is 1. The van der Waals surface area contributed by atoms with Crippen molar-refractivity contribution in [3.8, 4) is 17.1 Å². The van der Waals surface area contributed by atoms with Crippen molar-refractivity contribution in [2.45, 2.75) is 46.3 Å². The van der Waals surface area contributed by atoms with Crippen molar-refractivity contribution in [3.05, 3.63) is 102 Å². The van der Waals surface area contributed by atoms with Crippen molar-refractivity contribution < 1.29 is 20.0 Å². The van der Waals surface area contributed by atoms with Gasteiger partial charge in [-0.05, 0) is 59.3 Å². The van der Waals surface area contributed by atoms with E-state index in [1.54, 1.807) is 24.4 Å². The molecule has 0 aliphatic carbocycles. The van der Waals surface area contributed by atoms with Crippen LogP contribution >= 0.6 is 0 Å². The van der Waals surface area contributed by atoms with Gasteiger partial charge >= 0.3 is 0 Å². The molecule has 198 valence electrons. The Balaban J connectivity index is 1.76. The van der Waals surface area contributed by atoms with Gasteiger partial charge in [0.05, 0.1) is 7.05 Å². The molecule has 0 N–H and O–H groups in total. The molecule has 4 nitrogen and oxygen atoms in total. The van der Waals surface area contributed by atoms with Crippen LogP contribution in [-0.2, 0) is 7.05 Å². The second-order valence-corrected chi connectivity index (χ2v) is 10.5. The summed E-state index contributed by atoms with van der Waals surface area (Å²) < 4.78 is 79.5. The van der Waals surface area contributed by atoms with Gasteiger partial charge in [0.2, 0.25) is 5.71 Å². The summed E-state index contributed by atoms with van der Waals surface area (Å²) in [4.78, 5) is 4.46. The van der Waals surface area contributed by atoms with Crippen LogP contribution in [-0.4, -0.2) is 9.55 Å². The molecule has 0 spiro atoms. The monoisotopic (exact) mass is 532 g/mol. The molecule has 0 aliphatic heterocycles. The van der Waals surface area contributed by atoms with Crippen molar-refractivity contribution in [1.82, 2.24) is 9.55 Å². The zero-order valence-corrected chi connectivity index (χ0v) is 22.8. The number of fused-ring (bicyclic) bond motifs is 5. The molecule has 7 rings (SSSR count). The maximum Gasteiger partial charge on any atom is 0.299 e. The van der Waals surface area contributed by atoms with Gasteiger partial charge in [0.25, 0.3) is 5.82 Å². The molecule has 0 saturated carbocycles. The number of nitrogens with zero attached hydrogens (tertiary/aromatic N) is 3. The van der Waals surface area contributed by atoms with Gasteiger partial charge in [0.15, 0.2) is 16.6 Å². The molecule has 7 aromatic rings. The molecular weight excluding hydrogens is 490 g/mol. The molecule has 0 aliphatic rings. The summed E-state index contributed by atoms with van der Waals surface area (Å²) in [6.45, 7) is -1.00. The largest absolute Gasteiger partial charge is 0.437 e. The lowest BCUT2D eigenvalue weighted by molar-refractivity contribution is -0.633. The van der Waals surface area contributed by atoms with Crippen molar-refractivity contribution in [2.75, 3.05) is 0 Å². The highest BCUT2D eigenvalue weighted by Crippen LogP contribution is 2.41. The van der Waals surface area contributed by atoms with E-state index in [1.165, 1.54) is 13.8 Å². The zero-order chi connectivity index (χ0) is 34.6. The van der Waals surface area contributed by atoms with Gasteiger partial charge < -0.3 is 4.42 Å². The highest BCUT2D eigenvalue weighted by molar-refractivity contribution is 6.09. The molecular formula is C36H34N3O+. The van der Waals surface area contributed by atoms with E-state index in [1.807, 2.05) is 83.8 Å². The Bertz CT molecular complexity index is 2370. The second-order valence-electron chi connectivity index (χ2n) is 10.5. The molecule has 2 unspecified atom stereocenters. The molecule has 0 saturated heterocycles. The predicted octanol–water partition coefficient (Wildman–Crippen LogP) is 9.12. The van der Waals surface area contributed by atoms with E-state index in [0.29, 0.717) is 28.2 Å². The zero-order valence-electron chi connectivity index (χ0n) is 30.8. The molecule has 2 atom stereocenters. The van der Waals surface area contributed by atoms with E-state index < -0.39 is 25.5 Å². The standard InChI is InChI=1S/C36H34N3O/c1-21(2)26-13-9-14-27(22(3)4)33(26)39-31-20-25-12-8-7-11-24(25)19-30(31)38(6)36(39)32-23(5)16-17-28-29-15-10-18-37-35(29)40-34(28)32/h7-22H,1-6H3/q+1/i1D3,3D3,21D,22D. The molecule has 4 aromatic carbocycles. The minimum absolute atomic E-state index is 0.0748. The molecule has 4 heteroatoms. The maximum absolute atomic E-state index is 9.32. The van der Waals surface area contributed by atoms with Crippen LogP contribution in [0.25, 0.3) is 61.0 Å². The normalized spacial score (nSPS) is 18.7. The molecule has 0 radical (unpaired) electrons. The Morgan fingerprint density at radius 1 is 0.875 bits per heavy atom. The number of hydrogen-bond donors (Lipinski definition) is 0. The first-order valence-corrected chi connectivity index (χ1v) is 13.3. The summed E-state index contributed by atoms with van der Waals surface area (Å²) >= 11 is 0. The third-order valence-corrected chi connectivity index (χ3v) is 7.89. The van der Waals surface area contributed by atoms with E-state index >= 15 is 0 Å². The van der Waals surface area contributed by atoms with Crippen LogP contribution in [0.1, 0.15) is 67.0 Å². The predicted molar refractivity (Wildman–Crippen MR) is 165 cm³/mol. The highest BCUT2D eigenvalue weighted by atomic mass is 16.3. The third-order valence-electron chi connectivity index (χ3n) is 7.89. The quantitative estimate of drug-likeness (QED) is 0.212. The fourth-order valence-corrected chi connectivity index (χ4v) is 5.99. The van der Waals surface area contributed by atoms with Crippen molar-refractivity contribution in [1.29, 1.82) is 0 Å². The minimum atomic E-state index is -2.79. The van der Waals surface area contributed by atoms with E-state index in [2.05, 4.69) is 4.98 Å². The Morgan fingerprint density at radius 3 is 2.33 bits per heavy atom. The van der Waals surface area contributed by atoms with Crippen molar-refractivity contribution in [2.24, 2.45) is 7.05 Å². The van der Waals surface area contributed by atoms with Gasteiger partial charge in [0, 0.05) is 39.1 Å². The number of aryl methyl sites for hydroxylation is 2. The van der Waals surface area contributed by atoms with Gasteiger partial charge in [0.1, 0.15) is 11.3 Å². The fourth-order valence-electron chi connectivity index (χ4n) is 5.99. The van der Waals surface area contributed by atoms with Gasteiger partial charge in [-0.2, -0.15) is 4.57 Å². The van der Waals surface area contributed by atoms with Gasteiger partial charge in [-0.15, -0.1) is 0 Å². The number of aromatic nitrogens is 3. The molecule has 40 heavy (non-hydrogen) atoms. The lowest BCUT2D eigenvalue weighted by Gasteiger charge is -2.18. The fraction of sp³-hybridized carbons (Fsp3) is 0.222. The molecule has 0 bridgehead atoms. The Hall–Kier alpha value is -4.44. The van der Waals surface area contributed by atoms with Gasteiger partial charge in [-0.25, -0.2) is 9.55 Å². The average Bonchev–Trinajstić information content (AvgIpc) is 3.53. The summed E-state index contributed by atoms with van der Waals surface area (Å²) in [6, 6.07) is 24.3. The van der Waals surface area contributed by atoms with Gasteiger partial charge in [-0.3, -0.25) is 0 Å². The van der Waals surface area contributed by atoms with Crippen LogP contribution in [0.4, 0.5) is 0 Å². The summed E-state index contributed by atoms with van der Waals surface area (Å²) in [6.07, 6.45) is 1.66. The molecule has 0 amide bonds. The van der Waals surface area contributed by atoms with Crippen LogP contribution < -0.4 is 4.57 Å². The SMILES string of the molecule is [2H]C([2H])([2H])C([2H])(C)c1cccc(C([2H])(C)C([2H])([2H])[2H])c1-n1c(-c2c(C)ccc3c2oc2ncccc23)[n+](C)c2cc3ccccc3cc21. The van der Waals surface area contributed by atoms with E-state index in [9.17, 15) is 2.74 Å². The maximum atomic E-state index is 9.32. The number of benzene rings is 4. The topological polar surface area (TPSA) is 34.8 Å². The minimum Gasteiger partial charge on any atom is -0.437 e. The lowest BCUT2D eigenvalue weighted by atomic mass is 9.92. The summed E-state index contributed by atoms with van der Waals surface area (Å²) in [7, 11) is 1.90. The van der Waals surface area contributed by atoms with Gasteiger partial charge in [-0.1, -0.05) is 82.1 Å². The summed E-state index contributed by atoms with van der Waals surface area (Å²) in [5.41, 5.74) is 4.29. The summed E-state index contributed by atoms with van der Waals surface area (Å²) in [5.74, 6) is -3.80. The summed E-state index contributed by atoms with van der Waals surface area (Å²) in [5, 5.41) is 3.54. The first-order chi connectivity index (χ1) is 22.4. The average molecular weight is 533 g/mol.